The zero-order chi connectivity index (χ0) is 18.8. The first-order valence-electron chi connectivity index (χ1n) is 8.83. The maximum atomic E-state index is 14.2. The number of nitrogens with zero attached hydrogens (tertiary/aromatic N) is 2. The number of hydrogen-bond donors (Lipinski definition) is 2. The Balaban J connectivity index is 1.96. The highest BCUT2D eigenvalue weighted by atomic mass is 19.1. The third kappa shape index (κ3) is 3.21. The number of para-hydroxylation sites is 1. The van der Waals surface area contributed by atoms with E-state index in [0.29, 0.717) is 24.9 Å². The van der Waals surface area contributed by atoms with E-state index < -0.39 is 23.7 Å². The fraction of sp³-hybridized carbons (Fsp3) is 0.421. The Labute approximate surface area is 151 Å². The molecule has 2 aromatic rings. The molecule has 0 bridgehead atoms. The van der Waals surface area contributed by atoms with Crippen LogP contribution in [0.3, 0.4) is 0 Å². The third-order valence-electron chi connectivity index (χ3n) is 4.99. The second-order valence-corrected chi connectivity index (χ2v) is 6.67. The SMILES string of the molecule is CCC(C)C(NC(=O)c1nn(-c2ccccc2F)c2c1CCC2)C(=O)O. The molecule has 2 N–H and O–H groups in total. The van der Waals surface area contributed by atoms with Crippen molar-refractivity contribution in [1.82, 2.24) is 15.1 Å². The molecule has 0 spiro atoms. The van der Waals surface area contributed by atoms with Gasteiger partial charge >= 0.3 is 5.97 Å². The van der Waals surface area contributed by atoms with Gasteiger partial charge in [-0.05, 0) is 37.3 Å². The van der Waals surface area contributed by atoms with Crippen molar-refractivity contribution >= 4 is 11.9 Å². The van der Waals surface area contributed by atoms with Crippen molar-refractivity contribution in [2.45, 2.75) is 45.6 Å². The van der Waals surface area contributed by atoms with Crippen molar-refractivity contribution < 1.29 is 19.1 Å². The normalized spacial score (nSPS) is 15.3. The van der Waals surface area contributed by atoms with Crippen LogP contribution >= 0.6 is 0 Å². The van der Waals surface area contributed by atoms with Crippen LogP contribution < -0.4 is 5.32 Å². The molecule has 1 aromatic heterocycles. The van der Waals surface area contributed by atoms with E-state index in [4.69, 9.17) is 0 Å². The smallest absolute Gasteiger partial charge is 0.326 e. The Kier molecular flexibility index (Phi) is 5.06. The van der Waals surface area contributed by atoms with Crippen LogP contribution in [-0.4, -0.2) is 32.8 Å². The first-order valence-corrected chi connectivity index (χ1v) is 8.83. The number of rotatable bonds is 6. The number of fused-ring (bicyclic) bond motifs is 1. The van der Waals surface area contributed by atoms with E-state index in [1.54, 1.807) is 25.1 Å². The van der Waals surface area contributed by atoms with E-state index in [0.717, 1.165) is 17.7 Å². The number of aromatic nitrogens is 2. The Morgan fingerprint density at radius 1 is 1.35 bits per heavy atom. The van der Waals surface area contributed by atoms with Crippen LogP contribution in [0.1, 0.15) is 48.4 Å². The molecule has 1 heterocycles. The van der Waals surface area contributed by atoms with Gasteiger partial charge in [0.25, 0.3) is 5.91 Å². The Morgan fingerprint density at radius 2 is 2.08 bits per heavy atom. The van der Waals surface area contributed by atoms with E-state index in [1.165, 1.54) is 10.7 Å². The van der Waals surface area contributed by atoms with Crippen LogP contribution in [0.2, 0.25) is 0 Å². The van der Waals surface area contributed by atoms with Crippen molar-refractivity contribution in [2.75, 3.05) is 0 Å². The Morgan fingerprint density at radius 3 is 2.73 bits per heavy atom. The summed E-state index contributed by atoms with van der Waals surface area (Å²) in [6.45, 7) is 3.65. The summed E-state index contributed by atoms with van der Waals surface area (Å²) in [5, 5.41) is 16.3. The summed E-state index contributed by atoms with van der Waals surface area (Å²) in [5.74, 6) is -2.22. The minimum atomic E-state index is -1.07. The van der Waals surface area contributed by atoms with Gasteiger partial charge in [-0.1, -0.05) is 32.4 Å². The third-order valence-corrected chi connectivity index (χ3v) is 4.99. The zero-order valence-corrected chi connectivity index (χ0v) is 14.8. The molecule has 0 radical (unpaired) electrons. The zero-order valence-electron chi connectivity index (χ0n) is 14.8. The number of amides is 1. The summed E-state index contributed by atoms with van der Waals surface area (Å²) in [6.07, 6.45) is 2.86. The lowest BCUT2D eigenvalue weighted by Crippen LogP contribution is -2.45. The van der Waals surface area contributed by atoms with Gasteiger partial charge in [-0.15, -0.1) is 0 Å². The summed E-state index contributed by atoms with van der Waals surface area (Å²) in [7, 11) is 0. The van der Waals surface area contributed by atoms with E-state index >= 15 is 0 Å². The molecule has 2 atom stereocenters. The van der Waals surface area contributed by atoms with Crippen LogP contribution in [0.4, 0.5) is 4.39 Å². The standard InChI is InChI=1S/C19H22FN3O3/c1-3-11(2)16(19(25)26)21-18(24)17-12-7-6-10-14(12)23(22-17)15-9-5-4-8-13(15)20/h4-5,8-9,11,16H,3,6-7,10H2,1-2H3,(H,21,24)(H,25,26). The quantitative estimate of drug-likeness (QED) is 0.831. The number of benzene rings is 1. The molecule has 3 rings (SSSR count). The highest BCUT2D eigenvalue weighted by Crippen LogP contribution is 2.28. The lowest BCUT2D eigenvalue weighted by Gasteiger charge is -2.19. The second-order valence-electron chi connectivity index (χ2n) is 6.67. The molecule has 7 heteroatoms. The molecule has 1 aliphatic rings. The van der Waals surface area contributed by atoms with Crippen LogP contribution in [-0.2, 0) is 17.6 Å². The van der Waals surface area contributed by atoms with Crippen molar-refractivity contribution in [2.24, 2.45) is 5.92 Å². The predicted octanol–water partition coefficient (Wildman–Crippen LogP) is 2.73. The van der Waals surface area contributed by atoms with Crippen molar-refractivity contribution in [3.05, 3.63) is 47.0 Å². The molecule has 1 aromatic carbocycles. The van der Waals surface area contributed by atoms with Crippen LogP contribution in [0.15, 0.2) is 24.3 Å². The number of aliphatic carboxylic acids is 1. The molecular weight excluding hydrogens is 337 g/mol. The highest BCUT2D eigenvalue weighted by molar-refractivity contribution is 5.96. The minimum Gasteiger partial charge on any atom is -0.480 e. The fourth-order valence-electron chi connectivity index (χ4n) is 3.34. The van der Waals surface area contributed by atoms with Crippen LogP contribution in [0.25, 0.3) is 5.69 Å². The van der Waals surface area contributed by atoms with Gasteiger partial charge in [-0.2, -0.15) is 5.10 Å². The van der Waals surface area contributed by atoms with Gasteiger partial charge in [0.05, 0.1) is 0 Å². The predicted molar refractivity (Wildman–Crippen MR) is 93.9 cm³/mol. The molecule has 1 aliphatic carbocycles. The molecule has 0 saturated carbocycles. The van der Waals surface area contributed by atoms with Crippen LogP contribution in [0, 0.1) is 11.7 Å². The van der Waals surface area contributed by atoms with E-state index in [2.05, 4.69) is 10.4 Å². The number of nitrogens with one attached hydrogen (secondary N) is 1. The number of carbonyl (C=O) groups excluding carboxylic acids is 1. The number of hydrogen-bond acceptors (Lipinski definition) is 3. The first-order chi connectivity index (χ1) is 12.4. The highest BCUT2D eigenvalue weighted by Gasteiger charge is 2.31. The summed E-state index contributed by atoms with van der Waals surface area (Å²) >= 11 is 0. The largest absolute Gasteiger partial charge is 0.480 e. The van der Waals surface area contributed by atoms with Gasteiger partial charge in [0.2, 0.25) is 0 Å². The number of halogens is 1. The van der Waals surface area contributed by atoms with Crippen molar-refractivity contribution in [3.8, 4) is 5.69 Å². The maximum Gasteiger partial charge on any atom is 0.326 e. The lowest BCUT2D eigenvalue weighted by atomic mass is 9.99. The van der Waals surface area contributed by atoms with E-state index in [1.807, 2.05) is 6.92 Å². The van der Waals surface area contributed by atoms with Crippen LogP contribution in [0.5, 0.6) is 0 Å². The number of carboxylic acid groups (broad SMARTS) is 1. The topological polar surface area (TPSA) is 84.2 Å². The molecule has 1 amide bonds. The van der Waals surface area contributed by atoms with E-state index in [9.17, 15) is 19.1 Å². The lowest BCUT2D eigenvalue weighted by molar-refractivity contribution is -0.140. The number of carbonyl (C=O) groups is 2. The average molecular weight is 359 g/mol. The molecule has 6 nitrogen and oxygen atoms in total. The Hall–Kier alpha value is -2.70. The first kappa shape index (κ1) is 18.1. The van der Waals surface area contributed by atoms with Crippen molar-refractivity contribution in [1.29, 1.82) is 0 Å². The van der Waals surface area contributed by atoms with Gasteiger partial charge in [-0.3, -0.25) is 4.79 Å². The summed E-state index contributed by atoms with van der Waals surface area (Å²) in [6, 6.07) is 5.29. The molecule has 0 saturated heterocycles. The van der Waals surface area contributed by atoms with Gasteiger partial charge in [0.1, 0.15) is 17.5 Å². The van der Waals surface area contributed by atoms with Crippen molar-refractivity contribution in [3.63, 3.8) is 0 Å². The summed E-state index contributed by atoms with van der Waals surface area (Å²) < 4.78 is 15.7. The minimum absolute atomic E-state index is 0.190. The van der Waals surface area contributed by atoms with Gasteiger partial charge in [0.15, 0.2) is 5.69 Å². The molecule has 0 fully saturated rings. The van der Waals surface area contributed by atoms with E-state index in [-0.39, 0.29) is 11.6 Å². The molecule has 138 valence electrons. The van der Waals surface area contributed by atoms with Gasteiger partial charge in [0, 0.05) is 11.3 Å². The molecular formula is C19H22FN3O3. The summed E-state index contributed by atoms with van der Waals surface area (Å²) in [4.78, 5) is 24.2. The van der Waals surface area contributed by atoms with Gasteiger partial charge in [-0.25, -0.2) is 13.9 Å². The Bertz CT molecular complexity index is 847. The maximum absolute atomic E-state index is 14.2. The molecule has 26 heavy (non-hydrogen) atoms. The number of carboxylic acids is 1. The second kappa shape index (κ2) is 7.27. The van der Waals surface area contributed by atoms with Gasteiger partial charge < -0.3 is 10.4 Å². The monoisotopic (exact) mass is 359 g/mol. The summed E-state index contributed by atoms with van der Waals surface area (Å²) in [5.41, 5.74) is 2.08. The average Bonchev–Trinajstić information content (AvgIpc) is 3.21. The molecule has 0 aliphatic heterocycles. The molecule has 2 unspecified atom stereocenters. The fourth-order valence-corrected chi connectivity index (χ4v) is 3.34.